The third kappa shape index (κ3) is 4.55. The second-order valence-corrected chi connectivity index (χ2v) is 7.79. The van der Waals surface area contributed by atoms with Crippen LogP contribution in [0.1, 0.15) is 37.7 Å². The number of halogens is 1. The molecular weight excluding hydrogens is 306 g/mol. The fraction of sp³-hybridized carbons (Fsp3) is 0.562. The summed E-state index contributed by atoms with van der Waals surface area (Å²) in [5, 5.41) is 3.76. The lowest BCUT2D eigenvalue weighted by molar-refractivity contribution is -0.120. The minimum atomic E-state index is -0.916. The van der Waals surface area contributed by atoms with Gasteiger partial charge in [-0.3, -0.25) is 9.00 Å². The molecule has 3 nitrogen and oxygen atoms in total. The molecule has 1 aromatic rings. The summed E-state index contributed by atoms with van der Waals surface area (Å²) >= 11 is 5.96. The lowest BCUT2D eigenvalue weighted by Crippen LogP contribution is -2.39. The standard InChI is InChI=1S/C16H22ClNO2S/c1-21(20)11-8-15(19)18-12-16(9-2-3-10-16)13-4-6-14(17)7-5-13/h4-7H,2-3,8-12H2,1H3,(H,18,19)/t21-/m0/s1. The zero-order valence-electron chi connectivity index (χ0n) is 12.4. The van der Waals surface area contributed by atoms with Gasteiger partial charge in [-0.15, -0.1) is 0 Å². The van der Waals surface area contributed by atoms with Gasteiger partial charge < -0.3 is 5.32 Å². The Kier molecular flexibility index (Phi) is 5.82. The Bertz CT molecular complexity index is 510. The maximum Gasteiger partial charge on any atom is 0.220 e. The van der Waals surface area contributed by atoms with E-state index in [0.717, 1.165) is 17.9 Å². The molecule has 21 heavy (non-hydrogen) atoms. The summed E-state index contributed by atoms with van der Waals surface area (Å²) in [6.07, 6.45) is 6.53. The van der Waals surface area contributed by atoms with Gasteiger partial charge in [0.25, 0.3) is 0 Å². The van der Waals surface area contributed by atoms with Crippen LogP contribution >= 0.6 is 11.6 Å². The maximum atomic E-state index is 11.9. The van der Waals surface area contributed by atoms with E-state index in [9.17, 15) is 9.00 Å². The van der Waals surface area contributed by atoms with Crippen molar-refractivity contribution in [3.63, 3.8) is 0 Å². The molecule has 0 spiro atoms. The first-order chi connectivity index (χ1) is 10.0. The number of carbonyl (C=O) groups is 1. The van der Waals surface area contributed by atoms with Crippen molar-refractivity contribution in [3.8, 4) is 0 Å². The Morgan fingerprint density at radius 3 is 2.48 bits per heavy atom. The predicted molar refractivity (Wildman–Crippen MR) is 88.2 cm³/mol. The highest BCUT2D eigenvalue weighted by Gasteiger charge is 2.35. The van der Waals surface area contributed by atoms with Crippen LogP contribution < -0.4 is 5.32 Å². The average molecular weight is 328 g/mol. The first kappa shape index (κ1) is 16.5. The molecule has 0 unspecified atom stereocenters. The largest absolute Gasteiger partial charge is 0.355 e. The molecule has 1 aliphatic rings. The number of rotatable bonds is 6. The fourth-order valence-corrected chi connectivity index (χ4v) is 3.61. The Labute approximate surface area is 133 Å². The van der Waals surface area contributed by atoms with E-state index >= 15 is 0 Å². The minimum absolute atomic E-state index is 0.00885. The topological polar surface area (TPSA) is 46.2 Å². The third-order valence-corrected chi connectivity index (χ3v) is 5.29. The van der Waals surface area contributed by atoms with Gasteiger partial charge >= 0.3 is 0 Å². The lowest BCUT2D eigenvalue weighted by Gasteiger charge is -2.30. The SMILES string of the molecule is C[S@](=O)CCC(=O)NCC1(c2ccc(Cl)cc2)CCCC1. The van der Waals surface area contributed by atoms with E-state index in [2.05, 4.69) is 17.4 Å². The van der Waals surface area contributed by atoms with Crippen LogP contribution in [0.5, 0.6) is 0 Å². The molecule has 0 heterocycles. The van der Waals surface area contributed by atoms with Crippen LogP contribution in [-0.2, 0) is 21.0 Å². The highest BCUT2D eigenvalue weighted by atomic mass is 35.5. The second kappa shape index (κ2) is 7.41. The van der Waals surface area contributed by atoms with Gasteiger partial charge in [-0.25, -0.2) is 0 Å². The van der Waals surface area contributed by atoms with Crippen LogP contribution in [0.2, 0.25) is 5.02 Å². The van der Waals surface area contributed by atoms with Crippen LogP contribution in [0, 0.1) is 0 Å². The van der Waals surface area contributed by atoms with Gasteiger partial charge in [-0.1, -0.05) is 36.6 Å². The molecule has 1 fully saturated rings. The van der Waals surface area contributed by atoms with Crippen LogP contribution in [0.3, 0.4) is 0 Å². The number of hydrogen-bond donors (Lipinski definition) is 1. The zero-order chi connectivity index (χ0) is 15.3. The molecule has 0 aliphatic heterocycles. The van der Waals surface area contributed by atoms with Crippen LogP contribution in [-0.4, -0.2) is 28.7 Å². The Balaban J connectivity index is 2.00. The van der Waals surface area contributed by atoms with Crippen LogP contribution in [0.25, 0.3) is 0 Å². The first-order valence-electron chi connectivity index (χ1n) is 7.35. The van der Waals surface area contributed by atoms with E-state index in [0.29, 0.717) is 18.7 Å². The zero-order valence-corrected chi connectivity index (χ0v) is 13.9. The summed E-state index contributed by atoms with van der Waals surface area (Å²) in [6, 6.07) is 7.97. The summed E-state index contributed by atoms with van der Waals surface area (Å²) < 4.78 is 11.0. The van der Waals surface area contributed by atoms with E-state index in [1.807, 2.05) is 12.1 Å². The molecule has 0 radical (unpaired) electrons. The molecule has 2 rings (SSSR count). The van der Waals surface area contributed by atoms with E-state index in [-0.39, 0.29) is 11.3 Å². The smallest absolute Gasteiger partial charge is 0.220 e. The normalized spacial score (nSPS) is 18.4. The maximum absolute atomic E-state index is 11.9. The van der Waals surface area contributed by atoms with Crippen molar-refractivity contribution in [1.29, 1.82) is 0 Å². The van der Waals surface area contributed by atoms with E-state index in [1.54, 1.807) is 6.26 Å². The lowest BCUT2D eigenvalue weighted by atomic mass is 9.79. The van der Waals surface area contributed by atoms with Gasteiger partial charge in [0.1, 0.15) is 0 Å². The summed E-state index contributed by atoms with van der Waals surface area (Å²) in [5.74, 6) is 0.421. The van der Waals surface area contributed by atoms with Gasteiger partial charge in [-0.05, 0) is 30.5 Å². The van der Waals surface area contributed by atoms with Crippen molar-refractivity contribution >= 4 is 28.3 Å². The minimum Gasteiger partial charge on any atom is -0.355 e. The Morgan fingerprint density at radius 2 is 1.90 bits per heavy atom. The van der Waals surface area contributed by atoms with Crippen molar-refractivity contribution in [2.45, 2.75) is 37.5 Å². The summed E-state index contributed by atoms with van der Waals surface area (Å²) in [4.78, 5) is 11.9. The average Bonchev–Trinajstić information content (AvgIpc) is 2.93. The summed E-state index contributed by atoms with van der Waals surface area (Å²) in [6.45, 7) is 0.657. The second-order valence-electron chi connectivity index (χ2n) is 5.80. The molecule has 0 bridgehead atoms. The van der Waals surface area contributed by atoms with Crippen molar-refractivity contribution < 1.29 is 9.00 Å². The van der Waals surface area contributed by atoms with Crippen molar-refractivity contribution in [1.82, 2.24) is 5.32 Å². The first-order valence-corrected chi connectivity index (χ1v) is 9.45. The molecule has 116 valence electrons. The van der Waals surface area contributed by atoms with E-state index in [1.165, 1.54) is 18.4 Å². The number of carbonyl (C=O) groups excluding carboxylic acids is 1. The predicted octanol–water partition coefficient (Wildman–Crippen LogP) is 3.04. The number of amides is 1. The Hall–Kier alpha value is -0.870. The van der Waals surface area contributed by atoms with E-state index in [4.69, 9.17) is 11.6 Å². The van der Waals surface area contributed by atoms with Crippen molar-refractivity contribution in [3.05, 3.63) is 34.9 Å². The molecule has 0 aromatic heterocycles. The van der Waals surface area contributed by atoms with Gasteiger partial charge in [-0.2, -0.15) is 0 Å². The molecule has 1 saturated carbocycles. The molecule has 0 saturated heterocycles. The number of hydrogen-bond acceptors (Lipinski definition) is 2. The van der Waals surface area contributed by atoms with Gasteiger partial charge in [0.15, 0.2) is 0 Å². The highest BCUT2D eigenvalue weighted by Crippen LogP contribution is 2.40. The fourth-order valence-electron chi connectivity index (χ4n) is 3.02. The van der Waals surface area contributed by atoms with Crippen molar-refractivity contribution in [2.24, 2.45) is 0 Å². The van der Waals surface area contributed by atoms with Gasteiger partial charge in [0.05, 0.1) is 0 Å². The molecule has 5 heteroatoms. The molecule has 1 amide bonds. The van der Waals surface area contributed by atoms with Crippen LogP contribution in [0.15, 0.2) is 24.3 Å². The molecule has 1 atom stereocenters. The third-order valence-electron chi connectivity index (χ3n) is 4.26. The van der Waals surface area contributed by atoms with Crippen LogP contribution in [0.4, 0.5) is 0 Å². The molecular formula is C16H22ClNO2S. The number of nitrogens with one attached hydrogen (secondary N) is 1. The summed E-state index contributed by atoms with van der Waals surface area (Å²) in [7, 11) is -0.916. The monoisotopic (exact) mass is 327 g/mol. The number of benzene rings is 1. The molecule has 1 N–H and O–H groups in total. The van der Waals surface area contributed by atoms with Gasteiger partial charge in [0.2, 0.25) is 5.91 Å². The van der Waals surface area contributed by atoms with Gasteiger partial charge in [0, 0.05) is 46.2 Å². The highest BCUT2D eigenvalue weighted by molar-refractivity contribution is 7.84. The van der Waals surface area contributed by atoms with E-state index < -0.39 is 10.8 Å². The molecule has 1 aromatic carbocycles. The summed E-state index contributed by atoms with van der Waals surface area (Å²) in [5.41, 5.74) is 1.29. The molecule has 1 aliphatic carbocycles. The van der Waals surface area contributed by atoms with Crippen molar-refractivity contribution in [2.75, 3.05) is 18.6 Å². The Morgan fingerprint density at radius 1 is 1.29 bits per heavy atom. The quantitative estimate of drug-likeness (QED) is 0.873.